The molecule has 0 aliphatic rings. The van der Waals surface area contributed by atoms with Crippen molar-refractivity contribution >= 4 is 44.9 Å². The minimum atomic E-state index is -0.957. The number of phenolic OH excluding ortho intramolecular Hbond substituents is 1. The van der Waals surface area contributed by atoms with E-state index in [1.807, 2.05) is 24.3 Å². The van der Waals surface area contributed by atoms with Crippen LogP contribution in [0.5, 0.6) is 11.5 Å². The smallest absolute Gasteiger partial charge is 0.315 e. The predicted octanol–water partition coefficient (Wildman–Crippen LogP) is 4.32. The Morgan fingerprint density at radius 1 is 1.32 bits per heavy atom. The Bertz CT molecular complexity index is 1060. The number of hydrogen-bond donors (Lipinski definition) is 2. The molecule has 0 bridgehead atoms. The van der Waals surface area contributed by atoms with Crippen LogP contribution in [0, 0.1) is 10.1 Å². The Hall–Kier alpha value is -3.46. The standard InChI is InChI=1S/C19H16N2O6S/c1-27-15-10-11(9-14(18(15)24)21(25)26)8-12(6-7-17(22)23)19-20-13-4-2-3-5-16(13)28-19/h2-5,8-10,24H,6-7H2,1H3,(H,22,23)/b12-8-. The summed E-state index contributed by atoms with van der Waals surface area (Å²) in [6.45, 7) is 0. The van der Waals surface area contributed by atoms with Crippen molar-refractivity contribution in [3.63, 3.8) is 0 Å². The average Bonchev–Trinajstić information content (AvgIpc) is 3.09. The van der Waals surface area contributed by atoms with E-state index in [0.717, 1.165) is 10.2 Å². The van der Waals surface area contributed by atoms with E-state index in [1.54, 1.807) is 6.08 Å². The van der Waals surface area contributed by atoms with E-state index in [1.165, 1.54) is 30.6 Å². The summed E-state index contributed by atoms with van der Waals surface area (Å²) in [6, 6.07) is 10.2. The number of para-hydroxylation sites is 1. The van der Waals surface area contributed by atoms with Crippen LogP contribution in [0.4, 0.5) is 5.69 Å². The van der Waals surface area contributed by atoms with Crippen LogP contribution < -0.4 is 4.74 Å². The summed E-state index contributed by atoms with van der Waals surface area (Å²) < 4.78 is 5.97. The molecule has 0 spiro atoms. The second-order valence-electron chi connectivity index (χ2n) is 5.90. The summed E-state index contributed by atoms with van der Waals surface area (Å²) in [6.07, 6.45) is 1.72. The van der Waals surface area contributed by atoms with Crippen LogP contribution in [-0.4, -0.2) is 33.2 Å². The molecule has 1 heterocycles. The number of hydrogen-bond acceptors (Lipinski definition) is 7. The van der Waals surface area contributed by atoms with Crippen molar-refractivity contribution in [2.24, 2.45) is 0 Å². The van der Waals surface area contributed by atoms with Crippen LogP contribution in [-0.2, 0) is 4.79 Å². The molecule has 8 nitrogen and oxygen atoms in total. The number of phenols is 1. The van der Waals surface area contributed by atoms with E-state index in [0.29, 0.717) is 16.1 Å². The number of aromatic nitrogens is 1. The molecule has 0 amide bonds. The Morgan fingerprint density at radius 2 is 2.07 bits per heavy atom. The van der Waals surface area contributed by atoms with E-state index in [4.69, 9.17) is 9.84 Å². The summed E-state index contributed by atoms with van der Waals surface area (Å²) in [5.74, 6) is -1.56. The second-order valence-corrected chi connectivity index (χ2v) is 6.93. The third-order valence-corrected chi connectivity index (χ3v) is 5.12. The first kappa shape index (κ1) is 19.3. The largest absolute Gasteiger partial charge is 0.500 e. The number of nitro groups is 1. The van der Waals surface area contributed by atoms with Crippen molar-refractivity contribution in [1.82, 2.24) is 4.98 Å². The molecular formula is C19H16N2O6S. The topological polar surface area (TPSA) is 123 Å². The third kappa shape index (κ3) is 4.09. The highest BCUT2D eigenvalue weighted by Gasteiger charge is 2.20. The number of aliphatic carboxylic acids is 1. The lowest BCUT2D eigenvalue weighted by Gasteiger charge is -2.07. The number of rotatable bonds is 7. The average molecular weight is 400 g/mol. The van der Waals surface area contributed by atoms with E-state index in [9.17, 15) is 20.0 Å². The lowest BCUT2D eigenvalue weighted by Crippen LogP contribution is -1.96. The summed E-state index contributed by atoms with van der Waals surface area (Å²) in [4.78, 5) is 26.1. The van der Waals surface area contributed by atoms with Gasteiger partial charge in [-0.3, -0.25) is 14.9 Å². The molecule has 9 heteroatoms. The fraction of sp³-hybridized carbons (Fsp3) is 0.158. The van der Waals surface area contributed by atoms with Crippen LogP contribution in [0.2, 0.25) is 0 Å². The Morgan fingerprint density at radius 3 is 2.71 bits per heavy atom. The van der Waals surface area contributed by atoms with E-state index >= 15 is 0 Å². The van der Waals surface area contributed by atoms with Gasteiger partial charge in [0.15, 0.2) is 5.75 Å². The zero-order valence-electron chi connectivity index (χ0n) is 14.8. The number of allylic oxidation sites excluding steroid dienone is 1. The van der Waals surface area contributed by atoms with Gasteiger partial charge in [-0.15, -0.1) is 11.3 Å². The first-order valence-corrected chi connectivity index (χ1v) is 9.04. The number of nitrogens with zero attached hydrogens (tertiary/aromatic N) is 2. The van der Waals surface area contributed by atoms with Crippen LogP contribution in [0.25, 0.3) is 21.9 Å². The molecule has 1 aromatic heterocycles. The number of aromatic hydroxyl groups is 1. The highest BCUT2D eigenvalue weighted by molar-refractivity contribution is 7.19. The first-order valence-electron chi connectivity index (χ1n) is 8.22. The fourth-order valence-electron chi connectivity index (χ4n) is 2.69. The molecule has 0 atom stereocenters. The van der Waals surface area contributed by atoms with Crippen molar-refractivity contribution in [1.29, 1.82) is 0 Å². The molecule has 0 saturated heterocycles. The fourth-order valence-corrected chi connectivity index (χ4v) is 3.69. The van der Waals surface area contributed by atoms with Gasteiger partial charge in [0.2, 0.25) is 5.75 Å². The Kier molecular flexibility index (Phi) is 5.55. The quantitative estimate of drug-likeness (QED) is 0.447. The molecule has 0 unspecified atom stereocenters. The maximum Gasteiger partial charge on any atom is 0.315 e. The molecule has 2 N–H and O–H groups in total. The van der Waals surface area contributed by atoms with Gasteiger partial charge in [-0.2, -0.15) is 0 Å². The second kappa shape index (κ2) is 8.05. The zero-order valence-corrected chi connectivity index (χ0v) is 15.6. The van der Waals surface area contributed by atoms with Gasteiger partial charge in [0, 0.05) is 12.5 Å². The number of carbonyl (C=O) groups is 1. The van der Waals surface area contributed by atoms with Gasteiger partial charge in [-0.05, 0) is 41.8 Å². The number of benzene rings is 2. The van der Waals surface area contributed by atoms with E-state index < -0.39 is 22.3 Å². The van der Waals surface area contributed by atoms with Gasteiger partial charge >= 0.3 is 11.7 Å². The van der Waals surface area contributed by atoms with Crippen molar-refractivity contribution in [3.05, 3.63) is 57.1 Å². The molecule has 0 saturated carbocycles. The summed E-state index contributed by atoms with van der Waals surface area (Å²) in [7, 11) is 1.30. The van der Waals surface area contributed by atoms with Gasteiger partial charge in [0.1, 0.15) is 5.01 Å². The molecule has 0 radical (unpaired) electrons. The van der Waals surface area contributed by atoms with Gasteiger partial charge < -0.3 is 14.9 Å². The first-order chi connectivity index (χ1) is 13.4. The minimum Gasteiger partial charge on any atom is -0.500 e. The van der Waals surface area contributed by atoms with Crippen LogP contribution in [0.3, 0.4) is 0 Å². The van der Waals surface area contributed by atoms with Gasteiger partial charge in [0.25, 0.3) is 0 Å². The Labute approximate surface area is 163 Å². The molecule has 0 aliphatic heterocycles. The lowest BCUT2D eigenvalue weighted by molar-refractivity contribution is -0.386. The molecular weight excluding hydrogens is 384 g/mol. The summed E-state index contributed by atoms with van der Waals surface area (Å²) in [5, 5.41) is 30.8. The molecule has 28 heavy (non-hydrogen) atoms. The van der Waals surface area contributed by atoms with Crippen LogP contribution in [0.15, 0.2) is 36.4 Å². The number of carboxylic acid groups (broad SMARTS) is 1. The van der Waals surface area contributed by atoms with Crippen molar-refractivity contribution < 1.29 is 24.7 Å². The monoisotopic (exact) mass is 400 g/mol. The predicted molar refractivity (Wildman–Crippen MR) is 106 cm³/mol. The highest BCUT2D eigenvalue weighted by Crippen LogP contribution is 2.38. The number of nitro benzene ring substituents is 1. The number of methoxy groups -OCH3 is 1. The van der Waals surface area contributed by atoms with Gasteiger partial charge in [0.05, 0.1) is 22.2 Å². The van der Waals surface area contributed by atoms with Crippen LogP contribution >= 0.6 is 11.3 Å². The number of carboxylic acids is 1. The molecule has 3 rings (SSSR count). The van der Waals surface area contributed by atoms with E-state index in [-0.39, 0.29) is 18.6 Å². The van der Waals surface area contributed by atoms with E-state index in [2.05, 4.69) is 4.98 Å². The minimum absolute atomic E-state index is 0.0395. The van der Waals surface area contributed by atoms with Crippen LogP contribution in [0.1, 0.15) is 23.4 Å². The molecule has 0 aliphatic carbocycles. The lowest BCUT2D eigenvalue weighted by atomic mass is 10.1. The molecule has 144 valence electrons. The van der Waals surface area contributed by atoms with Gasteiger partial charge in [-0.1, -0.05) is 12.1 Å². The van der Waals surface area contributed by atoms with Crippen molar-refractivity contribution in [3.8, 4) is 11.5 Å². The normalized spacial score (nSPS) is 11.5. The number of fused-ring (bicyclic) bond motifs is 1. The third-order valence-electron chi connectivity index (χ3n) is 4.01. The highest BCUT2D eigenvalue weighted by atomic mass is 32.1. The Balaban J connectivity index is 2.12. The van der Waals surface area contributed by atoms with Gasteiger partial charge in [-0.25, -0.2) is 4.98 Å². The maximum atomic E-state index is 11.2. The zero-order chi connectivity index (χ0) is 20.3. The molecule has 0 fully saturated rings. The van der Waals surface area contributed by atoms with Crippen molar-refractivity contribution in [2.45, 2.75) is 12.8 Å². The number of thiazole rings is 1. The van der Waals surface area contributed by atoms with Crippen molar-refractivity contribution in [2.75, 3.05) is 7.11 Å². The molecule has 2 aromatic carbocycles. The summed E-state index contributed by atoms with van der Waals surface area (Å²) in [5.41, 5.74) is 1.33. The summed E-state index contributed by atoms with van der Waals surface area (Å²) >= 11 is 1.41. The maximum absolute atomic E-state index is 11.2. The molecule has 3 aromatic rings. The number of ether oxygens (including phenoxy) is 1. The SMILES string of the molecule is COc1cc(/C=C(/CCC(=O)O)c2nc3ccccc3s2)cc([N+](=O)[O-])c1O.